The molecule has 2 rings (SSSR count). The van der Waals surface area contributed by atoms with Gasteiger partial charge in [-0.3, -0.25) is 0 Å². The average Bonchev–Trinajstić information content (AvgIpc) is 2.38. The van der Waals surface area contributed by atoms with Crippen molar-refractivity contribution in [3.63, 3.8) is 0 Å². The van der Waals surface area contributed by atoms with E-state index >= 15 is 0 Å². The summed E-state index contributed by atoms with van der Waals surface area (Å²) in [7, 11) is 0. The molecule has 1 heterocycles. The fourth-order valence-corrected chi connectivity index (χ4v) is 2.21. The van der Waals surface area contributed by atoms with Gasteiger partial charge in [-0.15, -0.1) is 0 Å². The summed E-state index contributed by atoms with van der Waals surface area (Å²) in [5.74, 6) is 1.58. The van der Waals surface area contributed by atoms with Crippen LogP contribution in [0.4, 0.5) is 0 Å². The van der Waals surface area contributed by atoms with Crippen LogP contribution >= 0.6 is 11.6 Å². The Labute approximate surface area is 125 Å². The van der Waals surface area contributed by atoms with Crippen molar-refractivity contribution in [1.82, 2.24) is 4.98 Å². The van der Waals surface area contributed by atoms with Crippen LogP contribution in [-0.2, 0) is 11.8 Å². The third-order valence-electron chi connectivity index (χ3n) is 3.19. The minimum Gasteiger partial charge on any atom is -0.457 e. The van der Waals surface area contributed by atoms with E-state index < -0.39 is 0 Å². The zero-order valence-corrected chi connectivity index (χ0v) is 13.2. The Morgan fingerprint density at radius 2 is 1.90 bits per heavy atom. The van der Waals surface area contributed by atoms with Crippen LogP contribution in [-0.4, -0.2) is 4.98 Å². The van der Waals surface area contributed by atoms with E-state index in [0.29, 0.717) is 10.9 Å². The summed E-state index contributed by atoms with van der Waals surface area (Å²) in [5, 5.41) is 0.435. The molecule has 2 aromatic rings. The summed E-state index contributed by atoms with van der Waals surface area (Å²) in [6, 6.07) is 9.90. The van der Waals surface area contributed by atoms with E-state index in [2.05, 4.69) is 44.8 Å². The predicted molar refractivity (Wildman–Crippen MR) is 83.8 cm³/mol. The van der Waals surface area contributed by atoms with Gasteiger partial charge in [0.25, 0.3) is 0 Å². The quantitative estimate of drug-likeness (QED) is 0.707. The molecule has 0 aliphatic carbocycles. The van der Waals surface area contributed by atoms with Gasteiger partial charge in [-0.25, -0.2) is 4.98 Å². The molecule has 0 saturated heterocycles. The number of hydrogen-bond donors (Lipinski definition) is 0. The van der Waals surface area contributed by atoms with Crippen LogP contribution in [0.1, 0.15) is 38.8 Å². The maximum absolute atomic E-state index is 5.99. The number of hydrogen-bond acceptors (Lipinski definition) is 2. The van der Waals surface area contributed by atoms with Crippen molar-refractivity contribution in [3.05, 3.63) is 52.8 Å². The first kappa shape index (κ1) is 14.9. The molecule has 20 heavy (non-hydrogen) atoms. The third kappa shape index (κ3) is 3.51. The Morgan fingerprint density at radius 1 is 1.15 bits per heavy atom. The Hall–Kier alpha value is -1.54. The predicted octanol–water partition coefficient (Wildman–Crippen LogP) is 5.39. The zero-order chi connectivity index (χ0) is 14.8. The van der Waals surface area contributed by atoms with Crippen LogP contribution < -0.4 is 4.74 Å². The number of nitrogens with zero attached hydrogens (tertiary/aromatic N) is 1. The van der Waals surface area contributed by atoms with Crippen molar-refractivity contribution in [1.29, 1.82) is 0 Å². The van der Waals surface area contributed by atoms with Crippen LogP contribution in [0.5, 0.6) is 11.5 Å². The second-order valence-electron chi connectivity index (χ2n) is 5.85. The van der Waals surface area contributed by atoms with E-state index in [0.717, 1.165) is 12.2 Å². The molecule has 0 aliphatic heterocycles. The Kier molecular flexibility index (Phi) is 4.34. The van der Waals surface area contributed by atoms with Crippen molar-refractivity contribution in [2.75, 3.05) is 0 Å². The summed E-state index contributed by atoms with van der Waals surface area (Å²) in [6.07, 6.45) is 2.67. The van der Waals surface area contributed by atoms with Crippen LogP contribution in [0.15, 0.2) is 36.5 Å². The lowest BCUT2D eigenvalue weighted by atomic mass is 9.85. The van der Waals surface area contributed by atoms with Crippen LogP contribution in [0.25, 0.3) is 0 Å². The van der Waals surface area contributed by atoms with Gasteiger partial charge < -0.3 is 4.74 Å². The highest BCUT2D eigenvalue weighted by Crippen LogP contribution is 2.35. The van der Waals surface area contributed by atoms with Crippen molar-refractivity contribution in [2.45, 2.75) is 39.5 Å². The van der Waals surface area contributed by atoms with E-state index in [4.69, 9.17) is 16.3 Å². The van der Waals surface area contributed by atoms with Crippen LogP contribution in [0, 0.1) is 0 Å². The van der Waals surface area contributed by atoms with Gasteiger partial charge in [-0.2, -0.15) is 0 Å². The highest BCUT2D eigenvalue weighted by molar-refractivity contribution is 6.29. The molecular formula is C17H20ClNO. The van der Waals surface area contributed by atoms with Gasteiger partial charge in [0.1, 0.15) is 16.7 Å². The molecule has 0 N–H and O–H groups in total. The molecule has 106 valence electrons. The van der Waals surface area contributed by atoms with Gasteiger partial charge in [0, 0.05) is 17.8 Å². The van der Waals surface area contributed by atoms with E-state index in [9.17, 15) is 0 Å². The minimum absolute atomic E-state index is 0.0251. The number of aryl methyl sites for hydroxylation is 1. The number of halogens is 1. The molecule has 2 nitrogen and oxygen atoms in total. The van der Waals surface area contributed by atoms with Gasteiger partial charge in [0.05, 0.1) is 0 Å². The molecule has 0 spiro atoms. The summed E-state index contributed by atoms with van der Waals surface area (Å²) in [6.45, 7) is 8.72. The number of ether oxygens (including phenoxy) is 1. The number of pyridine rings is 1. The van der Waals surface area contributed by atoms with Crippen molar-refractivity contribution in [2.24, 2.45) is 0 Å². The fraction of sp³-hybridized carbons (Fsp3) is 0.353. The monoisotopic (exact) mass is 289 g/mol. The van der Waals surface area contributed by atoms with Gasteiger partial charge in [0.2, 0.25) is 0 Å². The van der Waals surface area contributed by atoms with Gasteiger partial charge in [-0.1, -0.05) is 51.4 Å². The Balaban J connectivity index is 2.41. The Bertz CT molecular complexity index is 602. The summed E-state index contributed by atoms with van der Waals surface area (Å²) in [4.78, 5) is 3.97. The first-order valence-electron chi connectivity index (χ1n) is 6.83. The highest BCUT2D eigenvalue weighted by Gasteiger charge is 2.20. The summed E-state index contributed by atoms with van der Waals surface area (Å²) < 4.78 is 5.99. The summed E-state index contributed by atoms with van der Waals surface area (Å²) >= 11 is 5.90. The van der Waals surface area contributed by atoms with Crippen molar-refractivity contribution in [3.8, 4) is 11.5 Å². The molecular weight excluding hydrogens is 270 g/mol. The van der Waals surface area contributed by atoms with Gasteiger partial charge in [-0.05, 0) is 29.5 Å². The lowest BCUT2D eigenvalue weighted by molar-refractivity contribution is 0.454. The lowest BCUT2D eigenvalue weighted by Crippen LogP contribution is -2.13. The van der Waals surface area contributed by atoms with Crippen molar-refractivity contribution < 1.29 is 4.74 Å². The molecule has 1 aromatic carbocycles. The average molecular weight is 290 g/mol. The normalized spacial score (nSPS) is 11.4. The smallest absolute Gasteiger partial charge is 0.132 e. The second kappa shape index (κ2) is 5.84. The molecule has 0 fully saturated rings. The standard InChI is InChI=1S/C17H20ClNO/c1-5-12-6-7-15(14(10-12)17(2,3)4)20-13-8-9-19-16(18)11-13/h6-11H,5H2,1-4H3. The van der Waals surface area contributed by atoms with E-state index in [-0.39, 0.29) is 5.41 Å². The van der Waals surface area contributed by atoms with Crippen LogP contribution in [0.3, 0.4) is 0 Å². The number of benzene rings is 1. The van der Waals surface area contributed by atoms with Crippen LogP contribution in [0.2, 0.25) is 5.15 Å². The lowest BCUT2D eigenvalue weighted by Gasteiger charge is -2.23. The number of rotatable bonds is 3. The molecule has 0 saturated carbocycles. The van der Waals surface area contributed by atoms with E-state index in [1.165, 1.54) is 11.1 Å². The minimum atomic E-state index is 0.0251. The number of aromatic nitrogens is 1. The molecule has 0 unspecified atom stereocenters. The third-order valence-corrected chi connectivity index (χ3v) is 3.39. The maximum Gasteiger partial charge on any atom is 0.132 e. The molecule has 0 aliphatic rings. The second-order valence-corrected chi connectivity index (χ2v) is 6.24. The Morgan fingerprint density at radius 3 is 2.50 bits per heavy atom. The largest absolute Gasteiger partial charge is 0.457 e. The molecule has 3 heteroatoms. The fourth-order valence-electron chi connectivity index (χ4n) is 2.05. The van der Waals surface area contributed by atoms with Gasteiger partial charge in [0.15, 0.2) is 0 Å². The highest BCUT2D eigenvalue weighted by atomic mass is 35.5. The molecule has 0 radical (unpaired) electrons. The summed E-state index contributed by atoms with van der Waals surface area (Å²) in [5.41, 5.74) is 2.54. The van der Waals surface area contributed by atoms with E-state index in [1.807, 2.05) is 12.1 Å². The first-order valence-corrected chi connectivity index (χ1v) is 7.21. The van der Waals surface area contributed by atoms with Gasteiger partial charge >= 0.3 is 0 Å². The van der Waals surface area contributed by atoms with Crippen molar-refractivity contribution >= 4 is 11.6 Å². The molecule has 1 aromatic heterocycles. The molecule has 0 atom stereocenters. The maximum atomic E-state index is 5.99. The van der Waals surface area contributed by atoms with E-state index in [1.54, 1.807) is 12.3 Å². The topological polar surface area (TPSA) is 22.1 Å². The molecule has 0 amide bonds. The molecule has 0 bridgehead atoms. The zero-order valence-electron chi connectivity index (χ0n) is 12.4. The SMILES string of the molecule is CCc1ccc(Oc2ccnc(Cl)c2)c(C(C)(C)C)c1. The first-order chi connectivity index (χ1) is 9.40.